The van der Waals surface area contributed by atoms with Gasteiger partial charge in [0.25, 0.3) is 0 Å². The normalized spacial score (nSPS) is 23.0. The first-order valence-electron chi connectivity index (χ1n) is 6.96. The molecule has 21 heavy (non-hydrogen) atoms. The van der Waals surface area contributed by atoms with Crippen molar-refractivity contribution in [2.45, 2.75) is 44.0 Å². The van der Waals surface area contributed by atoms with Crippen molar-refractivity contribution in [1.29, 1.82) is 0 Å². The fourth-order valence-electron chi connectivity index (χ4n) is 2.25. The molecule has 1 saturated carbocycles. The molecule has 5 nitrogen and oxygen atoms in total. The Balaban J connectivity index is 1.71. The molecule has 0 spiro atoms. The van der Waals surface area contributed by atoms with Crippen molar-refractivity contribution in [2.75, 3.05) is 18.5 Å². The predicted molar refractivity (Wildman–Crippen MR) is 71.7 cm³/mol. The zero-order valence-electron chi connectivity index (χ0n) is 11.6. The van der Waals surface area contributed by atoms with Crippen LogP contribution >= 0.6 is 0 Å². The molecule has 1 fully saturated rings. The second-order valence-corrected chi connectivity index (χ2v) is 5.10. The van der Waals surface area contributed by atoms with E-state index in [0.29, 0.717) is 13.2 Å². The minimum Gasteiger partial charge on any atom is -0.376 e. The summed E-state index contributed by atoms with van der Waals surface area (Å²) in [6.07, 6.45) is 0.582. The van der Waals surface area contributed by atoms with Crippen LogP contribution in [0.15, 0.2) is 12.3 Å². The summed E-state index contributed by atoms with van der Waals surface area (Å²) in [5.74, 6) is -0.0425. The van der Waals surface area contributed by atoms with Gasteiger partial charge >= 0.3 is 6.18 Å². The van der Waals surface area contributed by atoms with Crippen molar-refractivity contribution in [3.63, 3.8) is 0 Å². The number of hydrogen-bond donors (Lipinski definition) is 2. The van der Waals surface area contributed by atoms with E-state index in [1.165, 1.54) is 0 Å². The van der Waals surface area contributed by atoms with Gasteiger partial charge in [0.05, 0.1) is 12.7 Å². The lowest BCUT2D eigenvalue weighted by Crippen LogP contribution is -2.31. The molecule has 1 heterocycles. The fourth-order valence-corrected chi connectivity index (χ4v) is 2.25. The van der Waals surface area contributed by atoms with Crippen LogP contribution in [0.3, 0.4) is 0 Å². The number of nitrogens with one attached hydrogen (secondary N) is 1. The van der Waals surface area contributed by atoms with Gasteiger partial charge < -0.3 is 15.8 Å². The molecule has 2 rings (SSSR count). The summed E-state index contributed by atoms with van der Waals surface area (Å²) in [6.45, 7) is 0.767. The van der Waals surface area contributed by atoms with Crippen LogP contribution in [0.2, 0.25) is 0 Å². The van der Waals surface area contributed by atoms with E-state index in [2.05, 4.69) is 15.3 Å². The van der Waals surface area contributed by atoms with Gasteiger partial charge in [0.2, 0.25) is 5.95 Å². The van der Waals surface area contributed by atoms with Crippen molar-refractivity contribution < 1.29 is 17.9 Å². The first-order chi connectivity index (χ1) is 9.95. The lowest BCUT2D eigenvalue weighted by atomic mass is 9.94. The third-order valence-corrected chi connectivity index (χ3v) is 3.40. The van der Waals surface area contributed by atoms with Crippen LogP contribution in [0, 0.1) is 0 Å². The molecule has 1 aromatic rings. The number of rotatable bonds is 5. The second-order valence-electron chi connectivity index (χ2n) is 5.10. The molecule has 0 saturated heterocycles. The third-order valence-electron chi connectivity index (χ3n) is 3.40. The van der Waals surface area contributed by atoms with Gasteiger partial charge in [0.1, 0.15) is 5.69 Å². The van der Waals surface area contributed by atoms with E-state index in [0.717, 1.165) is 37.9 Å². The van der Waals surface area contributed by atoms with E-state index in [9.17, 15) is 13.2 Å². The van der Waals surface area contributed by atoms with Gasteiger partial charge in [-0.3, -0.25) is 0 Å². The highest BCUT2D eigenvalue weighted by Crippen LogP contribution is 2.27. The number of nitrogens with two attached hydrogens (primary N) is 1. The van der Waals surface area contributed by atoms with Gasteiger partial charge in [-0.05, 0) is 31.7 Å². The van der Waals surface area contributed by atoms with Crippen LogP contribution in [0.1, 0.15) is 31.4 Å². The maximum absolute atomic E-state index is 12.5. The number of alkyl halides is 3. The molecule has 0 unspecified atom stereocenters. The van der Waals surface area contributed by atoms with Crippen molar-refractivity contribution >= 4 is 5.95 Å². The average molecular weight is 304 g/mol. The van der Waals surface area contributed by atoms with E-state index in [-0.39, 0.29) is 18.1 Å². The number of anilines is 1. The summed E-state index contributed by atoms with van der Waals surface area (Å²) >= 11 is 0. The fraction of sp³-hybridized carbons (Fsp3) is 0.692. The van der Waals surface area contributed by atoms with E-state index in [4.69, 9.17) is 10.5 Å². The predicted octanol–water partition coefficient (Wildman–Crippen LogP) is 2.19. The Morgan fingerprint density at radius 2 is 2.00 bits per heavy atom. The Labute approximate surface area is 121 Å². The Morgan fingerprint density at radius 1 is 1.29 bits per heavy atom. The topological polar surface area (TPSA) is 73.1 Å². The molecule has 0 bridgehead atoms. The molecule has 0 aliphatic heterocycles. The van der Waals surface area contributed by atoms with Crippen LogP contribution in [0.25, 0.3) is 0 Å². The highest BCUT2D eigenvalue weighted by molar-refractivity contribution is 5.25. The zero-order chi connectivity index (χ0) is 15.3. The number of hydrogen-bond acceptors (Lipinski definition) is 5. The Hall–Kier alpha value is -1.41. The molecule has 0 aromatic carbocycles. The monoisotopic (exact) mass is 304 g/mol. The summed E-state index contributed by atoms with van der Waals surface area (Å²) in [6, 6.07) is 1.11. The lowest BCUT2D eigenvalue weighted by molar-refractivity contribution is -0.141. The first kappa shape index (κ1) is 16.0. The van der Waals surface area contributed by atoms with Crippen LogP contribution < -0.4 is 11.1 Å². The molecule has 0 atom stereocenters. The van der Waals surface area contributed by atoms with Gasteiger partial charge in [-0.15, -0.1) is 0 Å². The van der Waals surface area contributed by atoms with E-state index in [1.807, 2.05) is 0 Å². The van der Waals surface area contributed by atoms with Crippen molar-refractivity contribution in [1.82, 2.24) is 9.97 Å². The number of halogens is 3. The van der Waals surface area contributed by atoms with Crippen LogP contribution in [0.4, 0.5) is 19.1 Å². The summed E-state index contributed by atoms with van der Waals surface area (Å²) < 4.78 is 43.1. The quantitative estimate of drug-likeness (QED) is 0.816. The van der Waals surface area contributed by atoms with Gasteiger partial charge in [0, 0.05) is 18.8 Å². The van der Waals surface area contributed by atoms with Gasteiger partial charge in [0.15, 0.2) is 0 Å². The summed E-state index contributed by atoms with van der Waals surface area (Å²) in [5, 5.41) is 2.73. The van der Waals surface area contributed by atoms with Gasteiger partial charge in [-0.1, -0.05) is 0 Å². The Kier molecular flexibility index (Phi) is 5.35. The Morgan fingerprint density at radius 3 is 2.67 bits per heavy atom. The minimum absolute atomic E-state index is 0.0425. The number of ether oxygens (including phenoxy) is 1. The molecule has 3 N–H and O–H groups in total. The van der Waals surface area contributed by atoms with Crippen molar-refractivity contribution in [3.8, 4) is 0 Å². The van der Waals surface area contributed by atoms with Gasteiger partial charge in [-0.2, -0.15) is 13.2 Å². The SMILES string of the molecule is NC1CCC(OCCNc2nccc(C(F)(F)F)n2)CC1. The molecule has 1 aliphatic carbocycles. The van der Waals surface area contributed by atoms with E-state index >= 15 is 0 Å². The summed E-state index contributed by atoms with van der Waals surface area (Å²) in [4.78, 5) is 7.17. The van der Waals surface area contributed by atoms with E-state index in [1.54, 1.807) is 0 Å². The molecular formula is C13H19F3N4O. The lowest BCUT2D eigenvalue weighted by Gasteiger charge is -2.26. The van der Waals surface area contributed by atoms with Crippen LogP contribution in [-0.4, -0.2) is 35.3 Å². The maximum Gasteiger partial charge on any atom is 0.433 e. The molecule has 1 aliphatic rings. The zero-order valence-corrected chi connectivity index (χ0v) is 11.6. The van der Waals surface area contributed by atoms with E-state index < -0.39 is 11.9 Å². The highest BCUT2D eigenvalue weighted by Gasteiger charge is 2.32. The van der Waals surface area contributed by atoms with Gasteiger partial charge in [-0.25, -0.2) is 9.97 Å². The highest BCUT2D eigenvalue weighted by atomic mass is 19.4. The third kappa shape index (κ3) is 5.13. The first-order valence-corrected chi connectivity index (χ1v) is 6.96. The smallest absolute Gasteiger partial charge is 0.376 e. The molecule has 1 aromatic heterocycles. The largest absolute Gasteiger partial charge is 0.433 e. The number of nitrogens with zero attached hydrogens (tertiary/aromatic N) is 2. The molecule has 118 valence electrons. The van der Waals surface area contributed by atoms with Crippen molar-refractivity contribution in [2.24, 2.45) is 5.73 Å². The second kappa shape index (κ2) is 7.04. The molecule has 8 heteroatoms. The van der Waals surface area contributed by atoms with Crippen LogP contribution in [-0.2, 0) is 10.9 Å². The molecule has 0 amide bonds. The summed E-state index contributed by atoms with van der Waals surface area (Å²) in [5.41, 5.74) is 4.84. The maximum atomic E-state index is 12.5. The molecular weight excluding hydrogens is 285 g/mol. The Bertz CT molecular complexity index is 447. The average Bonchev–Trinajstić information content (AvgIpc) is 2.45. The number of aromatic nitrogens is 2. The molecule has 0 radical (unpaired) electrons. The van der Waals surface area contributed by atoms with Crippen molar-refractivity contribution in [3.05, 3.63) is 18.0 Å². The minimum atomic E-state index is -4.46. The standard InChI is InChI=1S/C13H19F3N4O/c14-13(15,16)11-5-6-18-12(20-11)19-7-8-21-10-3-1-9(17)2-4-10/h5-6,9-10H,1-4,7-8,17H2,(H,18,19,20). The summed E-state index contributed by atoms with van der Waals surface area (Å²) in [7, 11) is 0. The van der Waals surface area contributed by atoms with Crippen LogP contribution in [0.5, 0.6) is 0 Å².